The van der Waals surface area contributed by atoms with E-state index >= 15 is 0 Å². The fourth-order valence-corrected chi connectivity index (χ4v) is 3.57. The van der Waals surface area contributed by atoms with Crippen LogP contribution in [0.4, 0.5) is 0 Å². The van der Waals surface area contributed by atoms with Gasteiger partial charge in [-0.1, -0.05) is 0 Å². The molecule has 0 spiro atoms. The minimum atomic E-state index is -0.819. The number of hydrogen-bond donors (Lipinski definition) is 1. The van der Waals surface area contributed by atoms with Gasteiger partial charge in [0.25, 0.3) is 5.91 Å². The van der Waals surface area contributed by atoms with Gasteiger partial charge in [0.05, 0.1) is 0 Å². The molecule has 2 heterocycles. The van der Waals surface area contributed by atoms with E-state index in [1.807, 2.05) is 16.3 Å². The monoisotopic (exact) mass is 346 g/mol. The molecule has 1 aliphatic heterocycles. The zero-order valence-electron chi connectivity index (χ0n) is 10.5. The Hall–Kier alpha value is -0.920. The van der Waals surface area contributed by atoms with Crippen LogP contribution in [-0.2, 0) is 4.79 Å². The molecule has 1 atom stereocenters. The van der Waals surface area contributed by atoms with Crippen LogP contribution in [0.5, 0.6) is 0 Å². The lowest BCUT2D eigenvalue weighted by Crippen LogP contribution is -2.53. The molecule has 1 aromatic heterocycles. The molecule has 1 amide bonds. The van der Waals surface area contributed by atoms with Crippen molar-refractivity contribution in [2.45, 2.75) is 13.0 Å². The number of carbonyl (C=O) groups is 2. The first-order chi connectivity index (χ1) is 9.00. The Balaban J connectivity index is 1.95. The summed E-state index contributed by atoms with van der Waals surface area (Å²) in [6, 6.07) is 1.37. The maximum Gasteiger partial charge on any atom is 0.320 e. The first-order valence-corrected chi connectivity index (χ1v) is 7.67. The molecule has 5 nitrogen and oxygen atoms in total. The van der Waals surface area contributed by atoms with Crippen molar-refractivity contribution in [3.8, 4) is 0 Å². The molecule has 1 fully saturated rings. The standard InChI is InChI=1S/C12H15BrN2O3S/c1-8(12(17)18)14-3-5-15(6-4-14)11(16)10-9(13)2-7-19-10/h2,7-8H,3-6H2,1H3,(H,17,18). The average Bonchev–Trinajstić information content (AvgIpc) is 2.83. The maximum atomic E-state index is 12.3. The lowest BCUT2D eigenvalue weighted by Gasteiger charge is -2.36. The van der Waals surface area contributed by atoms with Crippen LogP contribution in [0.1, 0.15) is 16.6 Å². The molecule has 19 heavy (non-hydrogen) atoms. The summed E-state index contributed by atoms with van der Waals surface area (Å²) < 4.78 is 0.823. The first kappa shape index (κ1) is 14.5. The van der Waals surface area contributed by atoms with E-state index in [1.165, 1.54) is 11.3 Å². The Bertz CT molecular complexity index is 483. The van der Waals surface area contributed by atoms with Crippen molar-refractivity contribution in [2.75, 3.05) is 26.2 Å². The van der Waals surface area contributed by atoms with Crippen LogP contribution >= 0.6 is 27.3 Å². The summed E-state index contributed by atoms with van der Waals surface area (Å²) in [6.45, 7) is 4.02. The van der Waals surface area contributed by atoms with E-state index in [0.717, 1.165) is 4.47 Å². The molecule has 0 aliphatic carbocycles. The molecule has 0 bridgehead atoms. The zero-order chi connectivity index (χ0) is 14.0. The number of carbonyl (C=O) groups excluding carboxylic acids is 1. The second-order valence-corrected chi connectivity index (χ2v) is 6.21. The third-order valence-electron chi connectivity index (χ3n) is 3.32. The number of amides is 1. The number of rotatable bonds is 3. The minimum Gasteiger partial charge on any atom is -0.480 e. The van der Waals surface area contributed by atoms with Crippen molar-refractivity contribution in [3.05, 3.63) is 20.8 Å². The second kappa shape index (κ2) is 6.02. The van der Waals surface area contributed by atoms with E-state index in [1.54, 1.807) is 11.8 Å². The summed E-state index contributed by atoms with van der Waals surface area (Å²) in [5.41, 5.74) is 0. The van der Waals surface area contributed by atoms with Crippen molar-refractivity contribution in [3.63, 3.8) is 0 Å². The highest BCUT2D eigenvalue weighted by Gasteiger charge is 2.28. The van der Waals surface area contributed by atoms with Gasteiger partial charge >= 0.3 is 5.97 Å². The summed E-state index contributed by atoms with van der Waals surface area (Å²) in [4.78, 5) is 27.6. The number of carboxylic acids is 1. The third kappa shape index (κ3) is 3.16. The lowest BCUT2D eigenvalue weighted by atomic mass is 10.2. The van der Waals surface area contributed by atoms with E-state index in [-0.39, 0.29) is 5.91 Å². The normalized spacial score (nSPS) is 18.3. The molecule has 7 heteroatoms. The van der Waals surface area contributed by atoms with Crippen LogP contribution < -0.4 is 0 Å². The van der Waals surface area contributed by atoms with Gasteiger partial charge in [-0.25, -0.2) is 0 Å². The van der Waals surface area contributed by atoms with E-state index in [0.29, 0.717) is 31.1 Å². The molecule has 104 valence electrons. The number of nitrogens with zero attached hydrogens (tertiary/aromatic N) is 2. The number of carboxylic acid groups (broad SMARTS) is 1. The van der Waals surface area contributed by atoms with Crippen molar-refractivity contribution in [2.24, 2.45) is 0 Å². The largest absolute Gasteiger partial charge is 0.480 e. The summed E-state index contributed by atoms with van der Waals surface area (Å²) in [7, 11) is 0. The second-order valence-electron chi connectivity index (χ2n) is 4.44. The van der Waals surface area contributed by atoms with Gasteiger partial charge in [0.15, 0.2) is 0 Å². The van der Waals surface area contributed by atoms with Gasteiger partial charge in [0.2, 0.25) is 0 Å². The van der Waals surface area contributed by atoms with E-state index < -0.39 is 12.0 Å². The Morgan fingerprint density at radius 2 is 2.00 bits per heavy atom. The number of hydrogen-bond acceptors (Lipinski definition) is 4. The Kier molecular flexibility index (Phi) is 4.59. The number of aliphatic carboxylic acids is 1. The zero-order valence-corrected chi connectivity index (χ0v) is 12.9. The molecular formula is C12H15BrN2O3S. The smallest absolute Gasteiger partial charge is 0.320 e. The first-order valence-electron chi connectivity index (χ1n) is 6.00. The van der Waals surface area contributed by atoms with Gasteiger partial charge in [-0.15, -0.1) is 11.3 Å². The molecular weight excluding hydrogens is 332 g/mol. The highest BCUT2D eigenvalue weighted by Crippen LogP contribution is 2.24. The van der Waals surface area contributed by atoms with E-state index in [2.05, 4.69) is 15.9 Å². The van der Waals surface area contributed by atoms with Gasteiger partial charge in [-0.05, 0) is 34.3 Å². The molecule has 1 saturated heterocycles. The summed E-state index contributed by atoms with van der Waals surface area (Å²) >= 11 is 4.78. The fourth-order valence-electron chi connectivity index (χ4n) is 2.06. The highest BCUT2D eigenvalue weighted by atomic mass is 79.9. The SMILES string of the molecule is CC(C(=O)O)N1CCN(C(=O)c2sccc2Br)CC1. The molecule has 0 saturated carbocycles. The van der Waals surface area contributed by atoms with E-state index in [4.69, 9.17) is 5.11 Å². The quantitative estimate of drug-likeness (QED) is 0.905. The molecule has 0 radical (unpaired) electrons. The van der Waals surface area contributed by atoms with Gasteiger partial charge in [-0.3, -0.25) is 14.5 Å². The molecule has 1 aromatic rings. The topological polar surface area (TPSA) is 60.9 Å². The van der Waals surface area contributed by atoms with Crippen LogP contribution in [-0.4, -0.2) is 59.0 Å². The van der Waals surface area contributed by atoms with Gasteiger partial charge < -0.3 is 10.0 Å². The predicted octanol–water partition coefficient (Wildman–Crippen LogP) is 1.74. The van der Waals surface area contributed by atoms with Gasteiger partial charge in [0, 0.05) is 30.7 Å². The molecule has 1 aliphatic rings. The average molecular weight is 347 g/mol. The number of piperazine rings is 1. The van der Waals surface area contributed by atoms with E-state index in [9.17, 15) is 9.59 Å². The minimum absolute atomic E-state index is 0.0181. The Morgan fingerprint density at radius 3 is 2.47 bits per heavy atom. The number of thiophene rings is 1. The Labute approximate surface area is 123 Å². The van der Waals surface area contributed by atoms with Crippen molar-refractivity contribution < 1.29 is 14.7 Å². The van der Waals surface area contributed by atoms with Gasteiger partial charge in [0.1, 0.15) is 10.9 Å². The van der Waals surface area contributed by atoms with Crippen molar-refractivity contribution in [1.29, 1.82) is 0 Å². The van der Waals surface area contributed by atoms with Crippen molar-refractivity contribution in [1.82, 2.24) is 9.80 Å². The third-order valence-corrected chi connectivity index (χ3v) is 5.14. The predicted molar refractivity (Wildman–Crippen MR) is 76.6 cm³/mol. The van der Waals surface area contributed by atoms with Crippen LogP contribution in [0.15, 0.2) is 15.9 Å². The highest BCUT2D eigenvalue weighted by molar-refractivity contribution is 9.10. The van der Waals surface area contributed by atoms with Crippen LogP contribution in [0.25, 0.3) is 0 Å². The van der Waals surface area contributed by atoms with Crippen molar-refractivity contribution >= 4 is 39.1 Å². The summed E-state index contributed by atoms with van der Waals surface area (Å²) in [6.07, 6.45) is 0. The number of halogens is 1. The van der Waals surface area contributed by atoms with Gasteiger partial charge in [-0.2, -0.15) is 0 Å². The maximum absolute atomic E-state index is 12.3. The molecule has 1 unspecified atom stereocenters. The van der Waals surface area contributed by atoms with Crippen LogP contribution in [0.2, 0.25) is 0 Å². The Morgan fingerprint density at radius 1 is 1.37 bits per heavy atom. The van der Waals surface area contributed by atoms with Crippen LogP contribution in [0, 0.1) is 0 Å². The summed E-state index contributed by atoms with van der Waals surface area (Å²) in [5.74, 6) is -0.801. The lowest BCUT2D eigenvalue weighted by molar-refractivity contribution is -0.143. The van der Waals surface area contributed by atoms with Crippen LogP contribution in [0.3, 0.4) is 0 Å². The molecule has 1 N–H and O–H groups in total. The molecule has 2 rings (SSSR count). The summed E-state index contributed by atoms with van der Waals surface area (Å²) in [5, 5.41) is 10.8. The molecule has 0 aromatic carbocycles. The fraction of sp³-hybridized carbons (Fsp3) is 0.500.